The molecule has 8 nitrogen and oxygen atoms in total. The Morgan fingerprint density at radius 3 is 2.34 bits per heavy atom. The van der Waals surface area contributed by atoms with Crippen LogP contribution in [-0.2, 0) is 14.8 Å². The third-order valence-electron chi connectivity index (χ3n) is 5.44. The molecule has 0 atom stereocenters. The van der Waals surface area contributed by atoms with E-state index in [-0.39, 0.29) is 17.0 Å². The smallest absolute Gasteiger partial charge is 0.269 e. The molecule has 9 heteroatoms. The van der Waals surface area contributed by atoms with Crippen LogP contribution in [0.15, 0.2) is 47.4 Å². The van der Waals surface area contributed by atoms with Crippen molar-refractivity contribution in [2.75, 3.05) is 25.0 Å². The van der Waals surface area contributed by atoms with Gasteiger partial charge in [0.1, 0.15) is 0 Å². The van der Waals surface area contributed by atoms with Crippen molar-refractivity contribution in [2.24, 2.45) is 0 Å². The molecule has 0 unspecified atom stereocenters. The summed E-state index contributed by atoms with van der Waals surface area (Å²) >= 11 is 0. The van der Waals surface area contributed by atoms with E-state index in [1.165, 1.54) is 28.6 Å². The average Bonchev–Trinajstić information content (AvgIpc) is 3.07. The molecule has 0 aromatic heterocycles. The van der Waals surface area contributed by atoms with Gasteiger partial charge in [-0.25, -0.2) is 8.42 Å². The fourth-order valence-corrected chi connectivity index (χ4v) is 5.22. The minimum Gasteiger partial charge on any atom is -0.376 e. The third-order valence-corrected chi connectivity index (χ3v) is 7.33. The summed E-state index contributed by atoms with van der Waals surface area (Å²) in [5.41, 5.74) is 7.83. The summed E-state index contributed by atoms with van der Waals surface area (Å²) in [6.45, 7) is 4.90. The predicted molar refractivity (Wildman–Crippen MR) is 124 cm³/mol. The number of sulfonamides is 1. The Morgan fingerprint density at radius 2 is 1.66 bits per heavy atom. The molecule has 1 fully saturated rings. The lowest BCUT2D eigenvalue weighted by atomic mass is 10.1. The lowest BCUT2D eigenvalue weighted by Crippen LogP contribution is -2.44. The first-order chi connectivity index (χ1) is 15.3. The molecule has 3 N–H and O–H groups in total. The van der Waals surface area contributed by atoms with E-state index in [0.717, 1.165) is 42.5 Å². The molecule has 1 saturated heterocycles. The Morgan fingerprint density at radius 1 is 0.938 bits per heavy atom. The van der Waals surface area contributed by atoms with Gasteiger partial charge in [-0.3, -0.25) is 20.4 Å². The van der Waals surface area contributed by atoms with Gasteiger partial charge in [0.15, 0.2) is 0 Å². The molecule has 0 radical (unpaired) electrons. The SMILES string of the molecule is Cc1ccc(NCC(=O)NNC(=O)c2cccc(S(=O)(=O)N3CCCCCC3)c2)c(C)c1. The maximum Gasteiger partial charge on any atom is 0.269 e. The second-order valence-corrected chi connectivity index (χ2v) is 9.96. The summed E-state index contributed by atoms with van der Waals surface area (Å²) in [5.74, 6) is -1.01. The monoisotopic (exact) mass is 458 g/mol. The van der Waals surface area contributed by atoms with Crippen LogP contribution < -0.4 is 16.2 Å². The molecule has 0 aliphatic carbocycles. The summed E-state index contributed by atoms with van der Waals surface area (Å²) in [4.78, 5) is 24.7. The summed E-state index contributed by atoms with van der Waals surface area (Å²) < 4.78 is 27.4. The molecule has 2 amide bonds. The van der Waals surface area contributed by atoms with E-state index in [1.807, 2.05) is 32.0 Å². The Hall–Kier alpha value is -2.91. The van der Waals surface area contributed by atoms with Crippen molar-refractivity contribution in [3.63, 3.8) is 0 Å². The highest BCUT2D eigenvalue weighted by atomic mass is 32.2. The first-order valence-corrected chi connectivity index (χ1v) is 12.2. The van der Waals surface area contributed by atoms with Gasteiger partial charge in [-0.1, -0.05) is 36.6 Å². The largest absolute Gasteiger partial charge is 0.376 e. The van der Waals surface area contributed by atoms with Gasteiger partial charge < -0.3 is 5.32 Å². The second-order valence-electron chi connectivity index (χ2n) is 8.02. The fourth-order valence-electron chi connectivity index (χ4n) is 3.66. The topological polar surface area (TPSA) is 108 Å². The number of nitrogens with zero attached hydrogens (tertiary/aromatic N) is 1. The van der Waals surface area contributed by atoms with Crippen molar-refractivity contribution in [1.29, 1.82) is 0 Å². The number of nitrogens with one attached hydrogen (secondary N) is 3. The van der Waals surface area contributed by atoms with Crippen molar-refractivity contribution in [2.45, 2.75) is 44.4 Å². The Bertz CT molecular complexity index is 1080. The van der Waals surface area contributed by atoms with Crippen LogP contribution in [0.5, 0.6) is 0 Å². The van der Waals surface area contributed by atoms with Crippen LogP contribution in [0.1, 0.15) is 47.2 Å². The quantitative estimate of drug-likeness (QED) is 0.577. The van der Waals surface area contributed by atoms with Gasteiger partial charge in [0.2, 0.25) is 10.0 Å². The molecule has 2 aromatic carbocycles. The highest BCUT2D eigenvalue weighted by molar-refractivity contribution is 7.89. The molecule has 0 spiro atoms. The lowest BCUT2D eigenvalue weighted by Gasteiger charge is -2.20. The predicted octanol–water partition coefficient (Wildman–Crippen LogP) is 2.74. The van der Waals surface area contributed by atoms with Crippen molar-refractivity contribution >= 4 is 27.5 Å². The van der Waals surface area contributed by atoms with E-state index in [2.05, 4.69) is 16.2 Å². The van der Waals surface area contributed by atoms with Crippen LogP contribution in [0, 0.1) is 13.8 Å². The van der Waals surface area contributed by atoms with Crippen LogP contribution in [0.3, 0.4) is 0 Å². The summed E-state index contributed by atoms with van der Waals surface area (Å²) in [7, 11) is -3.66. The minimum atomic E-state index is -3.66. The molecule has 1 aliphatic heterocycles. The zero-order chi connectivity index (χ0) is 23.1. The van der Waals surface area contributed by atoms with Crippen LogP contribution in [-0.4, -0.2) is 44.2 Å². The van der Waals surface area contributed by atoms with E-state index >= 15 is 0 Å². The molecule has 2 aromatic rings. The number of hydrazine groups is 1. The Balaban J connectivity index is 1.57. The molecule has 172 valence electrons. The lowest BCUT2D eigenvalue weighted by molar-refractivity contribution is -0.120. The molecule has 1 heterocycles. The first-order valence-electron chi connectivity index (χ1n) is 10.8. The van der Waals surface area contributed by atoms with Crippen LogP contribution in [0.25, 0.3) is 0 Å². The number of benzene rings is 2. The fraction of sp³-hybridized carbons (Fsp3) is 0.391. The van der Waals surface area contributed by atoms with Crippen LogP contribution in [0.4, 0.5) is 5.69 Å². The van der Waals surface area contributed by atoms with E-state index in [4.69, 9.17) is 0 Å². The third kappa shape index (κ3) is 6.08. The van der Waals surface area contributed by atoms with E-state index in [9.17, 15) is 18.0 Å². The van der Waals surface area contributed by atoms with Gasteiger partial charge >= 0.3 is 0 Å². The standard InChI is InChI=1S/C23H30N4O4S/c1-17-10-11-21(18(2)14-17)24-16-22(28)25-26-23(29)19-8-7-9-20(15-19)32(30,31)27-12-5-3-4-6-13-27/h7-11,14-15,24H,3-6,12-13,16H2,1-2H3,(H,25,28)(H,26,29). The Labute approximate surface area is 189 Å². The number of rotatable bonds is 6. The minimum absolute atomic E-state index is 0.0203. The highest BCUT2D eigenvalue weighted by Crippen LogP contribution is 2.21. The number of carbonyl (C=O) groups is 2. The molecular formula is C23H30N4O4S. The van der Waals surface area contributed by atoms with Gasteiger partial charge in [0, 0.05) is 24.3 Å². The van der Waals surface area contributed by atoms with E-state index in [0.29, 0.717) is 13.1 Å². The summed E-state index contributed by atoms with van der Waals surface area (Å²) in [5, 5.41) is 3.03. The van der Waals surface area contributed by atoms with Gasteiger partial charge in [-0.2, -0.15) is 4.31 Å². The molecule has 1 aliphatic rings. The van der Waals surface area contributed by atoms with Crippen LogP contribution in [0.2, 0.25) is 0 Å². The van der Waals surface area contributed by atoms with E-state index in [1.54, 1.807) is 0 Å². The van der Waals surface area contributed by atoms with Crippen molar-refractivity contribution in [3.8, 4) is 0 Å². The first kappa shape index (κ1) is 23.7. The number of carbonyl (C=O) groups excluding carboxylic acids is 2. The van der Waals surface area contributed by atoms with Gasteiger partial charge in [-0.15, -0.1) is 0 Å². The second kappa shape index (κ2) is 10.6. The zero-order valence-electron chi connectivity index (χ0n) is 18.5. The number of amides is 2. The number of hydrogen-bond donors (Lipinski definition) is 3. The van der Waals surface area contributed by atoms with Gasteiger partial charge in [0.25, 0.3) is 11.8 Å². The molecule has 0 saturated carbocycles. The maximum atomic E-state index is 13.0. The van der Waals surface area contributed by atoms with Crippen molar-refractivity contribution < 1.29 is 18.0 Å². The number of aryl methyl sites for hydroxylation is 2. The van der Waals surface area contributed by atoms with Crippen molar-refractivity contribution in [3.05, 3.63) is 59.2 Å². The summed E-state index contributed by atoms with van der Waals surface area (Å²) in [6.07, 6.45) is 3.71. The summed E-state index contributed by atoms with van der Waals surface area (Å²) in [6, 6.07) is 11.7. The van der Waals surface area contributed by atoms with E-state index < -0.39 is 21.8 Å². The van der Waals surface area contributed by atoms with Gasteiger partial charge in [-0.05, 0) is 56.5 Å². The number of hydrogen-bond acceptors (Lipinski definition) is 5. The zero-order valence-corrected chi connectivity index (χ0v) is 19.3. The highest BCUT2D eigenvalue weighted by Gasteiger charge is 2.25. The molecule has 32 heavy (non-hydrogen) atoms. The maximum absolute atomic E-state index is 13.0. The Kier molecular flexibility index (Phi) is 7.87. The van der Waals surface area contributed by atoms with Gasteiger partial charge in [0.05, 0.1) is 11.4 Å². The normalized spacial score (nSPS) is 14.9. The average molecular weight is 459 g/mol. The molecular weight excluding hydrogens is 428 g/mol. The van der Waals surface area contributed by atoms with Crippen LogP contribution >= 0.6 is 0 Å². The van der Waals surface area contributed by atoms with Crippen molar-refractivity contribution in [1.82, 2.24) is 15.2 Å². The molecule has 3 rings (SSSR count). The number of anilines is 1. The molecule has 0 bridgehead atoms.